The van der Waals surface area contributed by atoms with Gasteiger partial charge in [0.15, 0.2) is 0 Å². The van der Waals surface area contributed by atoms with Crippen molar-refractivity contribution in [1.29, 1.82) is 0 Å². The van der Waals surface area contributed by atoms with Gasteiger partial charge < -0.3 is 5.73 Å². The van der Waals surface area contributed by atoms with Gasteiger partial charge >= 0.3 is 0 Å². The number of imide groups is 1. The van der Waals surface area contributed by atoms with Crippen LogP contribution in [0.3, 0.4) is 0 Å². The van der Waals surface area contributed by atoms with Crippen molar-refractivity contribution < 1.29 is 18.0 Å². The molecule has 3 rings (SSSR count). The first-order valence-corrected chi connectivity index (χ1v) is 9.70. The van der Waals surface area contributed by atoms with E-state index in [-0.39, 0.29) is 23.1 Å². The van der Waals surface area contributed by atoms with Gasteiger partial charge in [0.05, 0.1) is 15.8 Å². The molecule has 0 bridgehead atoms. The van der Waals surface area contributed by atoms with Crippen LogP contribution in [0, 0.1) is 0 Å². The summed E-state index contributed by atoms with van der Waals surface area (Å²) in [6.45, 7) is 0. The van der Waals surface area contributed by atoms with Crippen LogP contribution in [0.2, 0.25) is 0 Å². The summed E-state index contributed by atoms with van der Waals surface area (Å²) in [5.74, 6) is -0.670. The molecule has 0 radical (unpaired) electrons. The molecule has 7 nitrogen and oxygen atoms in total. The molecule has 25 heavy (non-hydrogen) atoms. The van der Waals surface area contributed by atoms with Crippen LogP contribution in [0.25, 0.3) is 0 Å². The molecule has 1 aliphatic rings. The Kier molecular flexibility index (Phi) is 4.55. The summed E-state index contributed by atoms with van der Waals surface area (Å²) in [5, 5.41) is 4.51. The first kappa shape index (κ1) is 17.5. The zero-order chi connectivity index (χ0) is 18.2. The van der Waals surface area contributed by atoms with E-state index in [1.807, 2.05) is 0 Å². The van der Waals surface area contributed by atoms with Crippen LogP contribution in [0.5, 0.6) is 0 Å². The fourth-order valence-corrected chi connectivity index (χ4v) is 4.03. The summed E-state index contributed by atoms with van der Waals surface area (Å²) in [6, 6.07) is 12.4. The maximum atomic E-state index is 12.6. The van der Waals surface area contributed by atoms with E-state index in [0.29, 0.717) is 11.4 Å². The molecule has 2 aromatic carbocycles. The van der Waals surface area contributed by atoms with Crippen molar-refractivity contribution in [3.63, 3.8) is 0 Å². The van der Waals surface area contributed by atoms with E-state index in [2.05, 4.69) is 0 Å². The van der Waals surface area contributed by atoms with E-state index in [1.165, 1.54) is 36.0 Å². The predicted molar refractivity (Wildman–Crippen MR) is 95.4 cm³/mol. The van der Waals surface area contributed by atoms with Crippen LogP contribution in [0.4, 0.5) is 11.4 Å². The van der Waals surface area contributed by atoms with Gasteiger partial charge in [-0.2, -0.15) is 0 Å². The minimum atomic E-state index is -3.83. The van der Waals surface area contributed by atoms with E-state index in [4.69, 9.17) is 10.9 Å². The number of hydrogen-bond donors (Lipinski definition) is 2. The molecule has 1 atom stereocenters. The Morgan fingerprint density at radius 3 is 2.16 bits per heavy atom. The van der Waals surface area contributed by atoms with Gasteiger partial charge in [0, 0.05) is 17.0 Å². The second-order valence-electron chi connectivity index (χ2n) is 5.49. The van der Waals surface area contributed by atoms with Crippen molar-refractivity contribution in [3.8, 4) is 0 Å². The number of primary sulfonamides is 1. The number of thioether (sulfide) groups is 1. The molecular formula is C16H15N3O4S2. The molecule has 2 aromatic rings. The SMILES string of the molecule is Nc1ccc(SC2CC(=O)N(c3ccc(S(N)(=O)=O)cc3)C2=O)cc1. The fraction of sp³-hybridized carbons (Fsp3) is 0.125. The van der Waals surface area contributed by atoms with E-state index in [9.17, 15) is 18.0 Å². The van der Waals surface area contributed by atoms with Crippen molar-refractivity contribution in [1.82, 2.24) is 0 Å². The number of carbonyl (C=O) groups excluding carboxylic acids is 2. The Balaban J connectivity index is 1.80. The smallest absolute Gasteiger partial charge is 0.247 e. The monoisotopic (exact) mass is 377 g/mol. The molecule has 0 spiro atoms. The highest BCUT2D eigenvalue weighted by Crippen LogP contribution is 2.34. The average Bonchev–Trinajstić information content (AvgIpc) is 2.83. The van der Waals surface area contributed by atoms with Crippen molar-refractivity contribution in [2.45, 2.75) is 21.5 Å². The molecule has 4 N–H and O–H groups in total. The Bertz CT molecular complexity index is 925. The average molecular weight is 377 g/mol. The maximum Gasteiger partial charge on any atom is 0.247 e. The molecule has 0 aliphatic carbocycles. The summed E-state index contributed by atoms with van der Waals surface area (Å²) in [5.41, 5.74) is 6.58. The lowest BCUT2D eigenvalue weighted by atomic mass is 10.3. The quantitative estimate of drug-likeness (QED) is 0.612. The van der Waals surface area contributed by atoms with Crippen molar-refractivity contribution in [2.75, 3.05) is 10.6 Å². The summed E-state index contributed by atoms with van der Waals surface area (Å²) in [6.07, 6.45) is 0.0742. The van der Waals surface area contributed by atoms with Crippen molar-refractivity contribution >= 4 is 45.0 Å². The van der Waals surface area contributed by atoms with E-state index in [0.717, 1.165) is 9.80 Å². The van der Waals surface area contributed by atoms with Crippen LogP contribution in [0.15, 0.2) is 58.3 Å². The third-order valence-corrected chi connectivity index (χ3v) is 5.81. The number of anilines is 2. The fourth-order valence-electron chi connectivity index (χ4n) is 2.46. The lowest BCUT2D eigenvalue weighted by molar-refractivity contribution is -0.121. The second-order valence-corrected chi connectivity index (χ2v) is 8.32. The normalized spacial score (nSPS) is 18.0. The van der Waals surface area contributed by atoms with Gasteiger partial charge in [-0.25, -0.2) is 18.5 Å². The number of sulfonamides is 1. The molecule has 1 saturated heterocycles. The number of nitrogens with two attached hydrogens (primary N) is 2. The molecule has 0 saturated carbocycles. The molecule has 0 aromatic heterocycles. The number of rotatable bonds is 4. The van der Waals surface area contributed by atoms with Crippen LogP contribution < -0.4 is 15.8 Å². The van der Waals surface area contributed by atoms with E-state index < -0.39 is 15.3 Å². The summed E-state index contributed by atoms with van der Waals surface area (Å²) < 4.78 is 22.6. The van der Waals surface area contributed by atoms with Crippen LogP contribution in [-0.2, 0) is 19.6 Å². The zero-order valence-electron chi connectivity index (χ0n) is 13.0. The highest BCUT2D eigenvalue weighted by atomic mass is 32.2. The van der Waals surface area contributed by atoms with Crippen LogP contribution in [-0.4, -0.2) is 25.5 Å². The van der Waals surface area contributed by atoms with Crippen molar-refractivity contribution in [2.24, 2.45) is 5.14 Å². The topological polar surface area (TPSA) is 124 Å². The number of amides is 2. The lowest BCUT2D eigenvalue weighted by Gasteiger charge is -2.15. The highest BCUT2D eigenvalue weighted by Gasteiger charge is 2.40. The third kappa shape index (κ3) is 3.68. The summed E-state index contributed by atoms with van der Waals surface area (Å²) in [4.78, 5) is 26.7. The number of carbonyl (C=O) groups is 2. The van der Waals surface area contributed by atoms with Gasteiger partial charge in [0.2, 0.25) is 21.8 Å². The van der Waals surface area contributed by atoms with Crippen LogP contribution in [0.1, 0.15) is 6.42 Å². The summed E-state index contributed by atoms with van der Waals surface area (Å²) in [7, 11) is -3.83. The molecule has 1 unspecified atom stereocenters. The number of nitrogen functional groups attached to an aromatic ring is 1. The van der Waals surface area contributed by atoms with E-state index in [1.54, 1.807) is 24.3 Å². The Labute approximate surface area is 149 Å². The van der Waals surface area contributed by atoms with E-state index >= 15 is 0 Å². The number of nitrogens with zero attached hydrogens (tertiary/aromatic N) is 1. The van der Waals surface area contributed by atoms with Crippen LogP contribution >= 0.6 is 11.8 Å². The van der Waals surface area contributed by atoms with Gasteiger partial charge in [-0.15, -0.1) is 11.8 Å². The number of benzene rings is 2. The van der Waals surface area contributed by atoms with Gasteiger partial charge in [-0.05, 0) is 48.5 Å². The van der Waals surface area contributed by atoms with Gasteiger partial charge in [0.1, 0.15) is 0 Å². The first-order chi connectivity index (χ1) is 11.8. The predicted octanol–water partition coefficient (Wildman–Crippen LogP) is 1.34. The van der Waals surface area contributed by atoms with Gasteiger partial charge in [0.25, 0.3) is 0 Å². The van der Waals surface area contributed by atoms with Crippen molar-refractivity contribution in [3.05, 3.63) is 48.5 Å². The minimum Gasteiger partial charge on any atom is -0.399 e. The van der Waals surface area contributed by atoms with Gasteiger partial charge in [-0.1, -0.05) is 0 Å². The Morgan fingerprint density at radius 2 is 1.60 bits per heavy atom. The Hall–Kier alpha value is -2.36. The standard InChI is InChI=1S/C16H15N3O4S2/c17-10-1-5-12(6-2-10)24-14-9-15(20)19(16(14)21)11-3-7-13(8-4-11)25(18,22)23/h1-8,14H,9,17H2,(H2,18,22,23). The van der Waals surface area contributed by atoms with Gasteiger partial charge in [-0.3, -0.25) is 9.59 Å². The first-order valence-electron chi connectivity index (χ1n) is 7.27. The second kappa shape index (κ2) is 6.51. The number of hydrogen-bond acceptors (Lipinski definition) is 6. The molecule has 1 aliphatic heterocycles. The molecule has 2 amide bonds. The molecule has 130 valence electrons. The third-order valence-electron chi connectivity index (χ3n) is 3.69. The molecule has 1 heterocycles. The minimum absolute atomic E-state index is 0.0742. The lowest BCUT2D eigenvalue weighted by Crippen LogP contribution is -2.31. The maximum absolute atomic E-state index is 12.6. The highest BCUT2D eigenvalue weighted by molar-refractivity contribution is 8.00. The molecule has 9 heteroatoms. The molecule has 1 fully saturated rings. The zero-order valence-corrected chi connectivity index (χ0v) is 14.6. The largest absolute Gasteiger partial charge is 0.399 e. The molecular weight excluding hydrogens is 362 g/mol. The Morgan fingerprint density at radius 1 is 1.00 bits per heavy atom. The summed E-state index contributed by atoms with van der Waals surface area (Å²) >= 11 is 1.29.